The van der Waals surface area contributed by atoms with Crippen molar-refractivity contribution in [3.05, 3.63) is 0 Å². The molecule has 4 nitrogen and oxygen atoms in total. The molecule has 0 saturated carbocycles. The number of methoxy groups -OCH3 is 1. The first-order chi connectivity index (χ1) is 6.86. The lowest BCUT2D eigenvalue weighted by Gasteiger charge is -2.48. The molecule has 0 spiro atoms. The largest absolute Gasteiger partial charge is 0.469 e. The van der Waals surface area contributed by atoms with Crippen LogP contribution in [0.3, 0.4) is 0 Å². The predicted octanol–water partition coefficient (Wildman–Crippen LogP) is 0.574. The van der Waals surface area contributed by atoms with Crippen molar-refractivity contribution >= 4 is 5.97 Å². The van der Waals surface area contributed by atoms with Crippen LogP contribution in [-0.4, -0.2) is 61.6 Å². The summed E-state index contributed by atoms with van der Waals surface area (Å²) in [4.78, 5) is 15.8. The average molecular weight is 214 g/mol. The van der Waals surface area contributed by atoms with Gasteiger partial charge in [-0.05, 0) is 27.9 Å². The third-order valence-electron chi connectivity index (χ3n) is 3.41. The standard InChI is InChI=1S/C11H22N2O2/c1-11(2)8-12(3)9(7-13(11)4)6-10(14)15-5/h9H,6-8H2,1-5H3. The molecule has 0 aliphatic carbocycles. The third kappa shape index (κ3) is 2.92. The Balaban J connectivity index is 2.59. The van der Waals surface area contributed by atoms with E-state index in [1.165, 1.54) is 7.11 Å². The van der Waals surface area contributed by atoms with Crippen LogP contribution in [0.15, 0.2) is 0 Å². The second kappa shape index (κ2) is 4.49. The highest BCUT2D eigenvalue weighted by atomic mass is 16.5. The highest BCUT2D eigenvalue weighted by molar-refractivity contribution is 5.70. The Morgan fingerprint density at radius 2 is 2.07 bits per heavy atom. The Hall–Kier alpha value is -0.610. The van der Waals surface area contributed by atoms with Crippen molar-refractivity contribution in [3.8, 4) is 0 Å². The molecule has 1 atom stereocenters. The van der Waals surface area contributed by atoms with E-state index in [-0.39, 0.29) is 17.6 Å². The van der Waals surface area contributed by atoms with E-state index < -0.39 is 0 Å². The molecular weight excluding hydrogens is 192 g/mol. The second-order valence-electron chi connectivity index (χ2n) is 5.04. The lowest BCUT2D eigenvalue weighted by atomic mass is 9.96. The molecule has 1 aliphatic rings. The Labute approximate surface area is 92.2 Å². The maximum absolute atomic E-state index is 11.2. The lowest BCUT2D eigenvalue weighted by Crippen LogP contribution is -2.61. The highest BCUT2D eigenvalue weighted by Crippen LogP contribution is 2.22. The molecule has 1 unspecified atom stereocenters. The van der Waals surface area contributed by atoms with Crippen LogP contribution in [0.4, 0.5) is 0 Å². The quantitative estimate of drug-likeness (QED) is 0.629. The molecule has 1 heterocycles. The maximum atomic E-state index is 11.2. The normalized spacial score (nSPS) is 27.7. The molecule has 15 heavy (non-hydrogen) atoms. The van der Waals surface area contributed by atoms with Gasteiger partial charge in [0.15, 0.2) is 0 Å². The highest BCUT2D eigenvalue weighted by Gasteiger charge is 2.35. The summed E-state index contributed by atoms with van der Waals surface area (Å²) in [6, 6.07) is 0.274. The Morgan fingerprint density at radius 3 is 2.60 bits per heavy atom. The van der Waals surface area contributed by atoms with Gasteiger partial charge in [-0.3, -0.25) is 14.6 Å². The lowest BCUT2D eigenvalue weighted by molar-refractivity contribution is -0.143. The van der Waals surface area contributed by atoms with Gasteiger partial charge in [0.2, 0.25) is 0 Å². The summed E-state index contributed by atoms with van der Waals surface area (Å²) in [6.45, 7) is 6.33. The van der Waals surface area contributed by atoms with Crippen LogP contribution in [0.2, 0.25) is 0 Å². The van der Waals surface area contributed by atoms with Crippen molar-refractivity contribution in [3.63, 3.8) is 0 Å². The second-order valence-corrected chi connectivity index (χ2v) is 5.04. The minimum absolute atomic E-state index is 0.125. The molecule has 1 aliphatic heterocycles. The van der Waals surface area contributed by atoms with E-state index in [0.717, 1.165) is 13.1 Å². The fourth-order valence-corrected chi connectivity index (χ4v) is 2.06. The van der Waals surface area contributed by atoms with E-state index in [1.807, 2.05) is 0 Å². The zero-order valence-corrected chi connectivity index (χ0v) is 10.4. The Bertz CT molecular complexity index is 241. The monoisotopic (exact) mass is 214 g/mol. The topological polar surface area (TPSA) is 32.8 Å². The van der Waals surface area contributed by atoms with Gasteiger partial charge in [0.1, 0.15) is 0 Å². The third-order valence-corrected chi connectivity index (χ3v) is 3.41. The average Bonchev–Trinajstić information content (AvgIpc) is 2.13. The van der Waals surface area contributed by atoms with Gasteiger partial charge in [-0.25, -0.2) is 0 Å². The van der Waals surface area contributed by atoms with Crippen molar-refractivity contribution in [1.29, 1.82) is 0 Å². The van der Waals surface area contributed by atoms with Crippen LogP contribution in [-0.2, 0) is 9.53 Å². The number of rotatable bonds is 2. The fourth-order valence-electron chi connectivity index (χ4n) is 2.06. The molecule has 0 amide bonds. The molecule has 0 aromatic rings. The summed E-state index contributed by atoms with van der Waals surface area (Å²) in [5.41, 5.74) is 0.182. The van der Waals surface area contributed by atoms with Crippen LogP contribution in [0.1, 0.15) is 20.3 Å². The number of ether oxygens (including phenoxy) is 1. The zero-order valence-electron chi connectivity index (χ0n) is 10.4. The Morgan fingerprint density at radius 1 is 1.47 bits per heavy atom. The van der Waals surface area contributed by atoms with Crippen LogP contribution in [0.5, 0.6) is 0 Å². The van der Waals surface area contributed by atoms with Crippen LogP contribution in [0, 0.1) is 0 Å². The molecule has 1 fully saturated rings. The van der Waals surface area contributed by atoms with Gasteiger partial charge < -0.3 is 4.74 Å². The molecule has 0 radical (unpaired) electrons. The summed E-state index contributed by atoms with van der Waals surface area (Å²) in [7, 11) is 5.62. The summed E-state index contributed by atoms with van der Waals surface area (Å²) >= 11 is 0. The van der Waals surface area contributed by atoms with Crippen molar-refractivity contribution in [2.24, 2.45) is 0 Å². The van der Waals surface area contributed by atoms with Crippen molar-refractivity contribution < 1.29 is 9.53 Å². The van der Waals surface area contributed by atoms with Gasteiger partial charge in [-0.1, -0.05) is 0 Å². The van der Waals surface area contributed by atoms with E-state index in [4.69, 9.17) is 4.74 Å². The summed E-state index contributed by atoms with van der Waals surface area (Å²) < 4.78 is 4.70. The number of piperazine rings is 1. The summed E-state index contributed by atoms with van der Waals surface area (Å²) in [6.07, 6.45) is 0.480. The zero-order chi connectivity index (χ0) is 11.6. The van der Waals surface area contributed by atoms with E-state index in [0.29, 0.717) is 6.42 Å². The van der Waals surface area contributed by atoms with Gasteiger partial charge in [0, 0.05) is 24.7 Å². The molecule has 1 saturated heterocycles. The number of likely N-dealkylation sites (N-methyl/N-ethyl adjacent to an activating group) is 2. The first kappa shape index (κ1) is 12.5. The van der Waals surface area contributed by atoms with E-state index in [2.05, 4.69) is 37.7 Å². The van der Waals surface area contributed by atoms with Crippen LogP contribution >= 0.6 is 0 Å². The minimum atomic E-state index is -0.125. The molecule has 4 heteroatoms. The van der Waals surface area contributed by atoms with Gasteiger partial charge in [-0.2, -0.15) is 0 Å². The maximum Gasteiger partial charge on any atom is 0.307 e. The van der Waals surface area contributed by atoms with Gasteiger partial charge >= 0.3 is 5.97 Å². The smallest absolute Gasteiger partial charge is 0.307 e. The number of carbonyl (C=O) groups is 1. The first-order valence-corrected chi connectivity index (χ1v) is 5.35. The van der Waals surface area contributed by atoms with Crippen molar-refractivity contribution in [2.75, 3.05) is 34.3 Å². The SMILES string of the molecule is COC(=O)CC1CN(C)C(C)(C)CN1C. The molecule has 1 rings (SSSR count). The summed E-state index contributed by atoms with van der Waals surface area (Å²) in [5, 5.41) is 0. The molecule has 0 bridgehead atoms. The van der Waals surface area contributed by atoms with Gasteiger partial charge in [-0.15, -0.1) is 0 Å². The molecule has 88 valence electrons. The molecule has 0 aromatic heterocycles. The van der Waals surface area contributed by atoms with Crippen LogP contribution in [0.25, 0.3) is 0 Å². The number of nitrogens with zero attached hydrogens (tertiary/aromatic N) is 2. The molecular formula is C11H22N2O2. The van der Waals surface area contributed by atoms with Crippen molar-refractivity contribution in [2.45, 2.75) is 31.8 Å². The number of hydrogen-bond donors (Lipinski definition) is 0. The number of carbonyl (C=O) groups excluding carboxylic acids is 1. The fraction of sp³-hybridized carbons (Fsp3) is 0.909. The molecule has 0 N–H and O–H groups in total. The van der Waals surface area contributed by atoms with Gasteiger partial charge in [0.05, 0.1) is 13.5 Å². The first-order valence-electron chi connectivity index (χ1n) is 5.35. The van der Waals surface area contributed by atoms with Gasteiger partial charge in [0.25, 0.3) is 0 Å². The number of hydrogen-bond acceptors (Lipinski definition) is 4. The van der Waals surface area contributed by atoms with Crippen LogP contribution < -0.4 is 0 Å². The van der Waals surface area contributed by atoms with Crippen molar-refractivity contribution in [1.82, 2.24) is 9.80 Å². The minimum Gasteiger partial charge on any atom is -0.469 e. The van der Waals surface area contributed by atoms with E-state index in [9.17, 15) is 4.79 Å². The number of esters is 1. The summed E-state index contributed by atoms with van der Waals surface area (Å²) in [5.74, 6) is -0.125. The Kier molecular flexibility index (Phi) is 3.73. The molecule has 0 aromatic carbocycles. The van der Waals surface area contributed by atoms with E-state index >= 15 is 0 Å². The van der Waals surface area contributed by atoms with E-state index in [1.54, 1.807) is 0 Å². The predicted molar refractivity (Wildman–Crippen MR) is 59.8 cm³/mol.